The molecule has 8 nitrogen and oxygen atoms in total. The largest absolute Gasteiger partial charge is 0.492 e. The molecule has 1 aromatic heterocycles. The fourth-order valence-electron chi connectivity index (χ4n) is 3.15. The molecule has 1 saturated heterocycles. The second kappa shape index (κ2) is 8.10. The van der Waals surface area contributed by atoms with E-state index in [2.05, 4.69) is 15.7 Å². The van der Waals surface area contributed by atoms with E-state index in [9.17, 15) is 13.2 Å². The molecule has 0 radical (unpaired) electrons. The second-order valence-corrected chi connectivity index (χ2v) is 9.07. The van der Waals surface area contributed by atoms with Gasteiger partial charge in [-0.25, -0.2) is 8.42 Å². The molecule has 1 aromatic carbocycles. The SMILES string of the molecule is Cn1cc([C@H]2CNC[C@@H]2C(=O)Nc2cccc(OCCS(C)(=O)=O)c2)cn1. The molecule has 2 heterocycles. The average Bonchev–Trinajstić information content (AvgIpc) is 3.22. The normalized spacial score (nSPS) is 19.8. The van der Waals surface area contributed by atoms with Gasteiger partial charge in [-0.05, 0) is 17.7 Å². The van der Waals surface area contributed by atoms with E-state index in [1.165, 1.54) is 6.26 Å². The highest BCUT2D eigenvalue weighted by Gasteiger charge is 2.34. The third kappa shape index (κ3) is 5.30. The smallest absolute Gasteiger partial charge is 0.229 e. The lowest BCUT2D eigenvalue weighted by Crippen LogP contribution is -2.28. The number of carbonyl (C=O) groups excluding carboxylic acids is 1. The molecule has 2 N–H and O–H groups in total. The Morgan fingerprint density at radius 1 is 1.41 bits per heavy atom. The fourth-order valence-corrected chi connectivity index (χ4v) is 3.53. The molecule has 0 unspecified atom stereocenters. The number of nitrogens with one attached hydrogen (secondary N) is 2. The number of nitrogens with zero attached hydrogens (tertiary/aromatic N) is 2. The van der Waals surface area contributed by atoms with Crippen LogP contribution in [0.25, 0.3) is 0 Å². The number of amides is 1. The number of anilines is 1. The molecule has 1 aliphatic rings. The number of ether oxygens (including phenoxy) is 1. The predicted molar refractivity (Wildman–Crippen MR) is 103 cm³/mol. The Hall–Kier alpha value is -2.39. The molecule has 0 saturated carbocycles. The molecular formula is C18H24N4O4S. The van der Waals surface area contributed by atoms with Crippen LogP contribution in [0, 0.1) is 5.92 Å². The van der Waals surface area contributed by atoms with E-state index in [-0.39, 0.29) is 30.1 Å². The highest BCUT2D eigenvalue weighted by molar-refractivity contribution is 7.90. The van der Waals surface area contributed by atoms with Crippen LogP contribution in [-0.4, -0.2) is 55.8 Å². The Labute approximate surface area is 158 Å². The third-order valence-corrected chi connectivity index (χ3v) is 5.44. The molecule has 27 heavy (non-hydrogen) atoms. The number of hydrogen-bond donors (Lipinski definition) is 2. The summed E-state index contributed by atoms with van der Waals surface area (Å²) in [5.74, 6) is 0.285. The minimum Gasteiger partial charge on any atom is -0.492 e. The van der Waals surface area contributed by atoms with E-state index in [4.69, 9.17) is 4.74 Å². The Kier molecular flexibility index (Phi) is 5.81. The summed E-state index contributed by atoms with van der Waals surface area (Å²) in [4.78, 5) is 12.8. The molecule has 1 amide bonds. The van der Waals surface area contributed by atoms with Crippen molar-refractivity contribution in [3.63, 3.8) is 0 Å². The van der Waals surface area contributed by atoms with Crippen molar-refractivity contribution in [1.82, 2.24) is 15.1 Å². The van der Waals surface area contributed by atoms with Gasteiger partial charge in [0.05, 0.1) is 17.9 Å². The average molecular weight is 392 g/mol. The van der Waals surface area contributed by atoms with Crippen molar-refractivity contribution in [2.24, 2.45) is 13.0 Å². The summed E-state index contributed by atoms with van der Waals surface area (Å²) >= 11 is 0. The van der Waals surface area contributed by atoms with Crippen LogP contribution in [-0.2, 0) is 21.7 Å². The summed E-state index contributed by atoms with van der Waals surface area (Å²) in [5, 5.41) is 10.4. The van der Waals surface area contributed by atoms with E-state index >= 15 is 0 Å². The zero-order chi connectivity index (χ0) is 19.4. The number of aromatic nitrogens is 2. The number of hydrogen-bond acceptors (Lipinski definition) is 6. The third-order valence-electron chi connectivity index (χ3n) is 4.53. The summed E-state index contributed by atoms with van der Waals surface area (Å²) in [7, 11) is -1.22. The van der Waals surface area contributed by atoms with Crippen molar-refractivity contribution in [3.05, 3.63) is 42.2 Å². The predicted octanol–water partition coefficient (Wildman–Crippen LogP) is 0.785. The van der Waals surface area contributed by atoms with Crippen LogP contribution in [0.1, 0.15) is 11.5 Å². The molecule has 0 spiro atoms. The quantitative estimate of drug-likeness (QED) is 0.722. The van der Waals surface area contributed by atoms with Gasteiger partial charge in [-0.15, -0.1) is 0 Å². The second-order valence-electron chi connectivity index (χ2n) is 6.81. The van der Waals surface area contributed by atoms with Crippen molar-refractivity contribution in [3.8, 4) is 5.75 Å². The zero-order valence-corrected chi connectivity index (χ0v) is 16.2. The molecule has 0 bridgehead atoms. The van der Waals surface area contributed by atoms with Crippen LogP contribution in [0.4, 0.5) is 5.69 Å². The molecule has 3 rings (SSSR count). The topological polar surface area (TPSA) is 102 Å². The first-order valence-electron chi connectivity index (χ1n) is 8.72. The highest BCUT2D eigenvalue weighted by Crippen LogP contribution is 2.29. The number of benzene rings is 1. The first-order chi connectivity index (χ1) is 12.8. The first-order valence-corrected chi connectivity index (χ1v) is 10.8. The van der Waals surface area contributed by atoms with Crippen molar-refractivity contribution in [1.29, 1.82) is 0 Å². The lowest BCUT2D eigenvalue weighted by molar-refractivity contribution is -0.119. The summed E-state index contributed by atoms with van der Waals surface area (Å²) < 4.78 is 29.6. The van der Waals surface area contributed by atoms with Gasteiger partial charge in [0.25, 0.3) is 0 Å². The van der Waals surface area contributed by atoms with Crippen LogP contribution < -0.4 is 15.4 Å². The van der Waals surface area contributed by atoms with E-state index < -0.39 is 9.84 Å². The van der Waals surface area contributed by atoms with Crippen LogP contribution in [0.5, 0.6) is 5.75 Å². The molecule has 1 aliphatic heterocycles. The Balaban J connectivity index is 1.62. The van der Waals surface area contributed by atoms with Gasteiger partial charge in [0.15, 0.2) is 9.84 Å². The van der Waals surface area contributed by atoms with Crippen molar-refractivity contribution < 1.29 is 17.9 Å². The maximum absolute atomic E-state index is 12.8. The maximum Gasteiger partial charge on any atom is 0.229 e. The van der Waals surface area contributed by atoms with E-state index in [0.29, 0.717) is 18.0 Å². The van der Waals surface area contributed by atoms with Gasteiger partial charge in [0.2, 0.25) is 5.91 Å². The van der Waals surface area contributed by atoms with Gasteiger partial charge in [-0.1, -0.05) is 6.07 Å². The minimum atomic E-state index is -3.07. The van der Waals surface area contributed by atoms with Gasteiger partial charge in [-0.3, -0.25) is 9.48 Å². The molecular weight excluding hydrogens is 368 g/mol. The lowest BCUT2D eigenvalue weighted by atomic mass is 9.90. The summed E-state index contributed by atoms with van der Waals surface area (Å²) in [6, 6.07) is 6.97. The van der Waals surface area contributed by atoms with Gasteiger partial charge >= 0.3 is 0 Å². The Morgan fingerprint density at radius 3 is 2.93 bits per heavy atom. The van der Waals surface area contributed by atoms with Gasteiger partial charge in [-0.2, -0.15) is 5.10 Å². The lowest BCUT2D eigenvalue weighted by Gasteiger charge is -2.17. The van der Waals surface area contributed by atoms with Crippen LogP contribution in [0.2, 0.25) is 0 Å². The molecule has 9 heteroatoms. The van der Waals surface area contributed by atoms with Crippen molar-refractivity contribution in [2.45, 2.75) is 5.92 Å². The molecule has 1 fully saturated rings. The van der Waals surface area contributed by atoms with Gasteiger partial charge < -0.3 is 15.4 Å². The number of rotatable bonds is 7. The van der Waals surface area contributed by atoms with Crippen LogP contribution >= 0.6 is 0 Å². The van der Waals surface area contributed by atoms with Crippen molar-refractivity contribution in [2.75, 3.05) is 37.0 Å². The number of aryl methyl sites for hydroxylation is 1. The molecule has 2 aromatic rings. The highest BCUT2D eigenvalue weighted by atomic mass is 32.2. The Morgan fingerprint density at radius 2 is 2.22 bits per heavy atom. The number of sulfone groups is 1. The van der Waals surface area contributed by atoms with E-state index in [1.54, 1.807) is 35.1 Å². The van der Waals surface area contributed by atoms with Crippen LogP contribution in [0.3, 0.4) is 0 Å². The van der Waals surface area contributed by atoms with E-state index in [0.717, 1.165) is 12.1 Å². The molecule has 0 aliphatic carbocycles. The van der Waals surface area contributed by atoms with Gasteiger partial charge in [0, 0.05) is 50.3 Å². The first kappa shape index (κ1) is 19.4. The summed E-state index contributed by atoms with van der Waals surface area (Å²) in [6.07, 6.45) is 4.91. The van der Waals surface area contributed by atoms with Gasteiger partial charge in [0.1, 0.15) is 12.4 Å². The standard InChI is InChI=1S/C18H24N4O4S/c1-22-12-13(9-20-22)16-10-19-11-17(16)18(23)21-14-4-3-5-15(8-14)26-6-7-27(2,24)25/h3-5,8-9,12,16-17,19H,6-7,10-11H2,1-2H3,(H,21,23)/t16-,17+/m1/s1. The van der Waals surface area contributed by atoms with Crippen LogP contribution in [0.15, 0.2) is 36.7 Å². The Bertz CT molecular complexity index is 910. The summed E-state index contributed by atoms with van der Waals surface area (Å²) in [6.45, 7) is 1.42. The van der Waals surface area contributed by atoms with E-state index in [1.807, 2.05) is 13.2 Å². The zero-order valence-electron chi connectivity index (χ0n) is 15.4. The minimum absolute atomic E-state index is 0.0515. The maximum atomic E-state index is 12.8. The summed E-state index contributed by atoms with van der Waals surface area (Å²) in [5.41, 5.74) is 1.66. The monoisotopic (exact) mass is 392 g/mol. The molecule has 2 atom stereocenters. The van der Waals surface area contributed by atoms with Crippen molar-refractivity contribution >= 4 is 21.4 Å². The molecule has 146 valence electrons. The fraction of sp³-hybridized carbons (Fsp3) is 0.444. The number of carbonyl (C=O) groups is 1.